The van der Waals surface area contributed by atoms with Gasteiger partial charge in [0.15, 0.2) is 0 Å². The van der Waals surface area contributed by atoms with Gasteiger partial charge in [-0.25, -0.2) is 8.42 Å². The minimum absolute atomic E-state index is 0.0809. The summed E-state index contributed by atoms with van der Waals surface area (Å²) in [5, 5.41) is 0. The zero-order chi connectivity index (χ0) is 17.6. The topological polar surface area (TPSA) is 60.4 Å². The second-order valence-electron chi connectivity index (χ2n) is 4.92. The molecule has 0 radical (unpaired) electrons. The van der Waals surface area contributed by atoms with Gasteiger partial charge in [-0.05, 0) is 18.6 Å². The molecule has 128 valence electrons. The van der Waals surface area contributed by atoms with Crippen LogP contribution < -0.4 is 4.74 Å². The van der Waals surface area contributed by atoms with Gasteiger partial charge in [0.1, 0.15) is 5.75 Å². The number of ether oxygens (including phenoxy) is 1. The van der Waals surface area contributed by atoms with Crippen molar-refractivity contribution in [2.24, 2.45) is 0 Å². The third-order valence-corrected chi connectivity index (χ3v) is 4.77. The first-order valence-corrected chi connectivity index (χ1v) is 7.94. The Morgan fingerprint density at radius 3 is 2.39 bits per heavy atom. The van der Waals surface area contributed by atoms with Crippen molar-refractivity contribution in [2.45, 2.75) is 36.1 Å². The van der Waals surface area contributed by atoms with Gasteiger partial charge >= 0.3 is 11.4 Å². The van der Waals surface area contributed by atoms with Crippen LogP contribution in [0.3, 0.4) is 0 Å². The molecule has 0 bridgehead atoms. The van der Waals surface area contributed by atoms with E-state index in [2.05, 4.69) is 0 Å². The van der Waals surface area contributed by atoms with Gasteiger partial charge in [0.25, 0.3) is 9.84 Å². The van der Waals surface area contributed by atoms with Crippen molar-refractivity contribution in [3.8, 4) is 5.75 Å². The molecule has 4 nitrogen and oxygen atoms in total. The van der Waals surface area contributed by atoms with E-state index in [1.165, 1.54) is 0 Å². The van der Waals surface area contributed by atoms with Crippen LogP contribution in [-0.2, 0) is 16.3 Å². The first-order chi connectivity index (χ1) is 10.4. The van der Waals surface area contributed by atoms with E-state index in [-0.39, 0.29) is 12.4 Å². The van der Waals surface area contributed by atoms with Crippen LogP contribution in [0, 0.1) is 0 Å². The highest BCUT2D eigenvalue weighted by atomic mass is 32.2. The fourth-order valence-electron chi connectivity index (χ4n) is 2.21. The number of ketones is 1. The van der Waals surface area contributed by atoms with Gasteiger partial charge in [0.2, 0.25) is 5.78 Å². The van der Waals surface area contributed by atoms with Gasteiger partial charge in [-0.3, -0.25) is 4.79 Å². The molecule has 1 aromatic rings. The van der Waals surface area contributed by atoms with Crippen molar-refractivity contribution in [3.05, 3.63) is 23.3 Å². The van der Waals surface area contributed by atoms with Crippen molar-refractivity contribution in [2.75, 3.05) is 6.61 Å². The van der Waals surface area contributed by atoms with Crippen molar-refractivity contribution in [3.63, 3.8) is 0 Å². The van der Waals surface area contributed by atoms with Crippen molar-refractivity contribution >= 4 is 15.6 Å². The molecule has 1 aromatic carbocycles. The predicted octanol–water partition coefficient (Wildman–Crippen LogP) is 3.14. The van der Waals surface area contributed by atoms with Crippen LogP contribution in [0.25, 0.3) is 0 Å². The summed E-state index contributed by atoms with van der Waals surface area (Å²) in [7, 11) is -5.93. The lowest BCUT2D eigenvalue weighted by atomic mass is 10.1. The van der Waals surface area contributed by atoms with Gasteiger partial charge in [-0.15, -0.1) is 0 Å². The molecule has 23 heavy (non-hydrogen) atoms. The molecule has 0 saturated carbocycles. The van der Waals surface area contributed by atoms with Crippen molar-refractivity contribution in [1.82, 2.24) is 0 Å². The third-order valence-electron chi connectivity index (χ3n) is 3.25. The summed E-state index contributed by atoms with van der Waals surface area (Å²) in [6.07, 6.45) is -0.705. The average Bonchev–Trinajstić information content (AvgIpc) is 2.66. The number of hydrogen-bond acceptors (Lipinski definition) is 4. The number of benzene rings is 1. The van der Waals surface area contributed by atoms with E-state index in [1.807, 2.05) is 0 Å². The summed E-state index contributed by atoms with van der Waals surface area (Å²) in [4.78, 5) is 10.2. The Hall–Kier alpha value is -1.71. The summed E-state index contributed by atoms with van der Waals surface area (Å²) in [5.41, 5.74) is -7.36. The number of hydrogen-bond donors (Lipinski definition) is 0. The highest BCUT2D eigenvalue weighted by Crippen LogP contribution is 2.44. The highest BCUT2D eigenvalue weighted by Gasteiger charge is 2.55. The zero-order valence-corrected chi connectivity index (χ0v) is 12.5. The number of alkyl halides is 5. The second kappa shape index (κ2) is 5.43. The van der Waals surface area contributed by atoms with Crippen LogP contribution in [-0.4, -0.2) is 32.2 Å². The maximum atomic E-state index is 13.6. The molecule has 0 saturated heterocycles. The minimum Gasteiger partial charge on any atom is -0.493 e. The molecule has 0 unspecified atom stereocenters. The fourth-order valence-corrected chi connectivity index (χ4v) is 3.19. The Bertz CT molecular complexity index is 752. The molecule has 0 fully saturated rings. The van der Waals surface area contributed by atoms with Crippen LogP contribution in [0.5, 0.6) is 5.75 Å². The number of Topliss-reactive ketones (excluding diaryl/α,β-unsaturated/α-hetero) is 1. The molecular formula is C13H11F5O4S. The molecule has 1 aliphatic rings. The molecule has 10 heteroatoms. The molecule has 0 amide bonds. The van der Waals surface area contributed by atoms with Crippen molar-refractivity contribution in [1.29, 1.82) is 0 Å². The van der Waals surface area contributed by atoms with E-state index >= 15 is 0 Å². The van der Waals surface area contributed by atoms with Gasteiger partial charge in [-0.1, -0.05) is 6.92 Å². The largest absolute Gasteiger partial charge is 0.501 e. The molecule has 0 atom stereocenters. The number of carbonyl (C=O) groups excluding carboxylic acids is 1. The van der Waals surface area contributed by atoms with Gasteiger partial charge in [0.05, 0.1) is 17.1 Å². The molecule has 0 N–H and O–H groups in total. The molecule has 2 rings (SSSR count). The third kappa shape index (κ3) is 2.79. The van der Waals surface area contributed by atoms with Crippen LogP contribution >= 0.6 is 0 Å². The van der Waals surface area contributed by atoms with E-state index in [0.717, 1.165) is 6.07 Å². The van der Waals surface area contributed by atoms with Gasteiger partial charge in [-0.2, -0.15) is 22.0 Å². The van der Waals surface area contributed by atoms with E-state index in [9.17, 15) is 35.2 Å². The Kier molecular flexibility index (Phi) is 4.16. The maximum Gasteiger partial charge on any atom is 0.501 e. The quantitative estimate of drug-likeness (QED) is 0.776. The fraction of sp³-hybridized carbons (Fsp3) is 0.462. The lowest BCUT2D eigenvalue weighted by Gasteiger charge is -2.14. The highest BCUT2D eigenvalue weighted by molar-refractivity contribution is 7.92. The smallest absolute Gasteiger partial charge is 0.493 e. The van der Waals surface area contributed by atoms with E-state index in [0.29, 0.717) is 12.5 Å². The zero-order valence-electron chi connectivity index (χ0n) is 11.7. The van der Waals surface area contributed by atoms with Crippen LogP contribution in [0.4, 0.5) is 22.0 Å². The predicted molar refractivity (Wildman–Crippen MR) is 68.5 cm³/mol. The molecule has 0 aromatic heterocycles. The normalized spacial score (nSPS) is 17.2. The van der Waals surface area contributed by atoms with Crippen LogP contribution in [0.15, 0.2) is 17.0 Å². The number of halogens is 5. The Morgan fingerprint density at radius 2 is 1.87 bits per heavy atom. The van der Waals surface area contributed by atoms with E-state index in [4.69, 9.17) is 4.74 Å². The van der Waals surface area contributed by atoms with E-state index in [1.54, 1.807) is 6.92 Å². The lowest BCUT2D eigenvalue weighted by molar-refractivity contribution is -0.0436. The van der Waals surface area contributed by atoms with Gasteiger partial charge < -0.3 is 4.74 Å². The number of fused-ring (bicyclic) bond motifs is 1. The van der Waals surface area contributed by atoms with E-state index < -0.39 is 49.5 Å². The summed E-state index contributed by atoms with van der Waals surface area (Å²) in [5.74, 6) is -6.13. The minimum atomic E-state index is -5.93. The average molecular weight is 358 g/mol. The maximum absolute atomic E-state index is 13.6. The summed E-state index contributed by atoms with van der Waals surface area (Å²) in [6, 6.07) is 1.34. The standard InChI is InChI=1S/C13H11F5O4S/c1-2-5-22-8-3-4-9(23(20,21)13(16,17)18)10-7(8)6-12(14,15)11(10)19/h3-4H,2,5-6H2,1H3. The van der Waals surface area contributed by atoms with Crippen LogP contribution in [0.2, 0.25) is 0 Å². The second-order valence-corrected chi connectivity index (χ2v) is 6.83. The monoisotopic (exact) mass is 358 g/mol. The molecular weight excluding hydrogens is 347 g/mol. The molecule has 0 aliphatic heterocycles. The van der Waals surface area contributed by atoms with Crippen LogP contribution in [0.1, 0.15) is 29.3 Å². The van der Waals surface area contributed by atoms with Gasteiger partial charge in [0, 0.05) is 12.0 Å². The van der Waals surface area contributed by atoms with Crippen molar-refractivity contribution < 1.29 is 39.9 Å². The Balaban J connectivity index is 2.71. The first kappa shape index (κ1) is 17.6. The first-order valence-electron chi connectivity index (χ1n) is 6.46. The molecule has 0 heterocycles. The SMILES string of the molecule is CCCOc1ccc(S(=O)(=O)C(F)(F)F)c2c1CC(F)(F)C2=O. The molecule has 0 spiro atoms. The number of rotatable bonds is 4. The Morgan fingerprint density at radius 1 is 1.26 bits per heavy atom. The molecule has 1 aliphatic carbocycles. The lowest BCUT2D eigenvalue weighted by Crippen LogP contribution is -2.28. The summed E-state index contributed by atoms with van der Waals surface area (Å²) >= 11 is 0. The Labute approximate surface area is 128 Å². The number of sulfone groups is 1. The summed E-state index contributed by atoms with van der Waals surface area (Å²) < 4.78 is 93.5. The number of carbonyl (C=O) groups is 1. The summed E-state index contributed by atoms with van der Waals surface area (Å²) in [6.45, 7) is 1.79.